The van der Waals surface area contributed by atoms with Crippen LogP contribution in [0.1, 0.15) is 18.9 Å². The lowest BCUT2D eigenvalue weighted by Gasteiger charge is -2.40. The Bertz CT molecular complexity index is 658. The molecule has 2 atom stereocenters. The first kappa shape index (κ1) is 18.8. The molecule has 1 aromatic carbocycles. The SMILES string of the molecule is CCOc1cc(CN2CC([C@@H]3C[C@H]3C(=O)O)C2)ccc1OCC(F)(F)F. The number of benzene rings is 1. The van der Waals surface area contributed by atoms with E-state index in [9.17, 15) is 18.0 Å². The molecule has 0 unspecified atom stereocenters. The maximum atomic E-state index is 12.3. The van der Waals surface area contributed by atoms with Gasteiger partial charge in [0.25, 0.3) is 0 Å². The normalized spacial score (nSPS) is 23.4. The minimum Gasteiger partial charge on any atom is -0.490 e. The van der Waals surface area contributed by atoms with E-state index in [1.54, 1.807) is 19.1 Å². The molecular formula is C18H22F3NO4. The number of rotatable bonds is 8. The fraction of sp³-hybridized carbons (Fsp3) is 0.611. The highest BCUT2D eigenvalue weighted by atomic mass is 19.4. The lowest BCUT2D eigenvalue weighted by atomic mass is 9.92. The van der Waals surface area contributed by atoms with Crippen LogP contribution in [0.25, 0.3) is 0 Å². The maximum absolute atomic E-state index is 12.3. The van der Waals surface area contributed by atoms with Crippen molar-refractivity contribution in [3.8, 4) is 11.5 Å². The van der Waals surface area contributed by atoms with Gasteiger partial charge in [0.2, 0.25) is 0 Å². The molecular weight excluding hydrogens is 351 g/mol. The molecule has 0 amide bonds. The molecule has 2 fully saturated rings. The summed E-state index contributed by atoms with van der Waals surface area (Å²) in [6, 6.07) is 4.95. The van der Waals surface area contributed by atoms with E-state index in [4.69, 9.17) is 14.6 Å². The molecule has 26 heavy (non-hydrogen) atoms. The summed E-state index contributed by atoms with van der Waals surface area (Å²) in [4.78, 5) is 13.1. The van der Waals surface area contributed by atoms with Crippen LogP contribution >= 0.6 is 0 Å². The smallest absolute Gasteiger partial charge is 0.422 e. The first-order chi connectivity index (χ1) is 12.3. The van der Waals surface area contributed by atoms with E-state index in [1.807, 2.05) is 0 Å². The number of ether oxygens (including phenoxy) is 2. The average molecular weight is 373 g/mol. The maximum Gasteiger partial charge on any atom is 0.422 e. The predicted octanol–water partition coefficient (Wildman–Crippen LogP) is 3.18. The average Bonchev–Trinajstić information content (AvgIpc) is 3.29. The lowest BCUT2D eigenvalue weighted by Crippen LogP contribution is -2.47. The number of alkyl halides is 3. The Morgan fingerprint density at radius 3 is 2.58 bits per heavy atom. The molecule has 3 rings (SSSR count). The standard InChI is InChI=1S/C18H22F3NO4/c1-2-25-16-5-11(3-4-15(16)26-10-18(19,20)21)7-22-8-12(9-22)13-6-14(13)17(23)24/h3-5,12-14H,2,6-10H2,1H3,(H,23,24)/t13-,14+/m0/s1. The van der Waals surface area contributed by atoms with E-state index in [-0.39, 0.29) is 11.7 Å². The Morgan fingerprint density at radius 2 is 2.00 bits per heavy atom. The molecule has 0 spiro atoms. The van der Waals surface area contributed by atoms with Crippen molar-refractivity contribution < 1.29 is 32.5 Å². The summed E-state index contributed by atoms with van der Waals surface area (Å²) in [6.45, 7) is 3.09. The molecule has 0 radical (unpaired) electrons. The van der Waals surface area contributed by atoms with E-state index in [1.165, 1.54) is 6.07 Å². The molecule has 1 aliphatic heterocycles. The zero-order chi connectivity index (χ0) is 18.9. The van der Waals surface area contributed by atoms with Crippen molar-refractivity contribution in [2.45, 2.75) is 26.1 Å². The molecule has 1 N–H and O–H groups in total. The lowest BCUT2D eigenvalue weighted by molar-refractivity contribution is -0.153. The van der Waals surface area contributed by atoms with Crippen LogP contribution in [-0.2, 0) is 11.3 Å². The van der Waals surface area contributed by atoms with Crippen LogP contribution in [0.15, 0.2) is 18.2 Å². The number of hydrogen-bond donors (Lipinski definition) is 1. The van der Waals surface area contributed by atoms with Crippen molar-refractivity contribution in [3.63, 3.8) is 0 Å². The van der Waals surface area contributed by atoms with E-state index in [0.717, 1.165) is 25.1 Å². The second kappa shape index (κ2) is 7.34. The molecule has 1 heterocycles. The van der Waals surface area contributed by atoms with Crippen LogP contribution in [0, 0.1) is 17.8 Å². The monoisotopic (exact) mass is 373 g/mol. The van der Waals surface area contributed by atoms with Gasteiger partial charge in [-0.1, -0.05) is 6.07 Å². The second-order valence-corrected chi connectivity index (χ2v) is 6.92. The highest BCUT2D eigenvalue weighted by Crippen LogP contribution is 2.47. The quantitative estimate of drug-likeness (QED) is 0.759. The van der Waals surface area contributed by atoms with Gasteiger partial charge in [-0.15, -0.1) is 0 Å². The molecule has 5 nitrogen and oxygen atoms in total. The molecule has 2 aliphatic rings. The van der Waals surface area contributed by atoms with Gasteiger partial charge in [0.05, 0.1) is 12.5 Å². The number of carboxylic acids is 1. The van der Waals surface area contributed by atoms with Gasteiger partial charge in [-0.3, -0.25) is 9.69 Å². The molecule has 1 aromatic rings. The number of aliphatic carboxylic acids is 1. The molecule has 144 valence electrons. The van der Waals surface area contributed by atoms with Crippen molar-refractivity contribution in [1.29, 1.82) is 0 Å². The fourth-order valence-electron chi connectivity index (χ4n) is 3.49. The topological polar surface area (TPSA) is 59.0 Å². The zero-order valence-electron chi connectivity index (χ0n) is 14.5. The van der Waals surface area contributed by atoms with Crippen molar-refractivity contribution in [2.75, 3.05) is 26.3 Å². The van der Waals surface area contributed by atoms with Crippen molar-refractivity contribution in [1.82, 2.24) is 4.90 Å². The Hall–Kier alpha value is -1.96. The molecule has 1 saturated carbocycles. The van der Waals surface area contributed by atoms with Gasteiger partial charge < -0.3 is 14.6 Å². The first-order valence-corrected chi connectivity index (χ1v) is 8.67. The molecule has 1 aliphatic carbocycles. The van der Waals surface area contributed by atoms with Crippen molar-refractivity contribution in [2.24, 2.45) is 17.8 Å². The van der Waals surface area contributed by atoms with Crippen molar-refractivity contribution >= 4 is 5.97 Å². The third-order valence-electron chi connectivity index (χ3n) is 4.85. The Labute approximate surface area is 149 Å². The fourth-order valence-corrected chi connectivity index (χ4v) is 3.49. The third-order valence-corrected chi connectivity index (χ3v) is 4.85. The molecule has 0 aromatic heterocycles. The van der Waals surface area contributed by atoms with Crippen LogP contribution in [0.2, 0.25) is 0 Å². The van der Waals surface area contributed by atoms with Gasteiger partial charge in [-0.05, 0) is 42.9 Å². The predicted molar refractivity (Wildman–Crippen MR) is 87.2 cm³/mol. The van der Waals surface area contributed by atoms with Crippen LogP contribution in [0.4, 0.5) is 13.2 Å². The first-order valence-electron chi connectivity index (χ1n) is 8.67. The number of hydrogen-bond acceptors (Lipinski definition) is 4. The van der Waals surface area contributed by atoms with Gasteiger partial charge in [0, 0.05) is 19.6 Å². The Balaban J connectivity index is 1.54. The number of nitrogens with zero attached hydrogens (tertiary/aromatic N) is 1. The number of carbonyl (C=O) groups is 1. The molecule has 8 heteroatoms. The minimum absolute atomic E-state index is 0.0803. The summed E-state index contributed by atoms with van der Waals surface area (Å²) in [5.74, 6) is 0.218. The third kappa shape index (κ3) is 4.60. The summed E-state index contributed by atoms with van der Waals surface area (Å²) >= 11 is 0. The minimum atomic E-state index is -4.40. The second-order valence-electron chi connectivity index (χ2n) is 6.92. The van der Waals surface area contributed by atoms with Gasteiger partial charge >= 0.3 is 12.1 Å². The van der Waals surface area contributed by atoms with Gasteiger partial charge in [0.1, 0.15) is 0 Å². The molecule has 1 saturated heterocycles. The number of likely N-dealkylation sites (tertiary alicyclic amines) is 1. The van der Waals surface area contributed by atoms with Gasteiger partial charge in [-0.2, -0.15) is 13.2 Å². The Morgan fingerprint density at radius 1 is 1.27 bits per heavy atom. The van der Waals surface area contributed by atoms with E-state index in [0.29, 0.717) is 30.7 Å². The summed E-state index contributed by atoms with van der Waals surface area (Å²) in [6.07, 6.45) is -3.63. The van der Waals surface area contributed by atoms with Gasteiger partial charge in [-0.25, -0.2) is 0 Å². The molecule has 0 bridgehead atoms. The van der Waals surface area contributed by atoms with Crippen LogP contribution in [-0.4, -0.2) is 48.5 Å². The van der Waals surface area contributed by atoms with Crippen LogP contribution in [0.5, 0.6) is 11.5 Å². The summed E-state index contributed by atoms with van der Waals surface area (Å²) in [5, 5.41) is 8.98. The van der Waals surface area contributed by atoms with E-state index < -0.39 is 18.8 Å². The van der Waals surface area contributed by atoms with E-state index in [2.05, 4.69) is 4.90 Å². The summed E-state index contributed by atoms with van der Waals surface area (Å²) < 4.78 is 47.3. The van der Waals surface area contributed by atoms with E-state index >= 15 is 0 Å². The number of carboxylic acid groups (broad SMARTS) is 1. The summed E-state index contributed by atoms with van der Waals surface area (Å²) in [7, 11) is 0. The van der Waals surface area contributed by atoms with Crippen LogP contribution < -0.4 is 9.47 Å². The van der Waals surface area contributed by atoms with Gasteiger partial charge in [0.15, 0.2) is 18.1 Å². The number of halogens is 3. The van der Waals surface area contributed by atoms with Crippen LogP contribution in [0.3, 0.4) is 0 Å². The highest BCUT2D eigenvalue weighted by molar-refractivity contribution is 5.73. The summed E-state index contributed by atoms with van der Waals surface area (Å²) in [5.41, 5.74) is 0.928. The van der Waals surface area contributed by atoms with Crippen molar-refractivity contribution in [3.05, 3.63) is 23.8 Å². The zero-order valence-corrected chi connectivity index (χ0v) is 14.5. The highest BCUT2D eigenvalue weighted by Gasteiger charge is 2.51. The largest absolute Gasteiger partial charge is 0.490 e. The Kier molecular flexibility index (Phi) is 5.32.